The van der Waals surface area contributed by atoms with Crippen LogP contribution in [0.4, 0.5) is 0 Å². The quantitative estimate of drug-likeness (QED) is 0.335. The van der Waals surface area contributed by atoms with Crippen LogP contribution in [-0.4, -0.2) is 17.7 Å². The molecule has 1 aliphatic rings. The molecule has 0 saturated heterocycles. The van der Waals surface area contributed by atoms with Crippen molar-refractivity contribution in [2.24, 2.45) is 0 Å². The van der Waals surface area contributed by atoms with E-state index in [1.54, 1.807) is 12.1 Å². The van der Waals surface area contributed by atoms with Gasteiger partial charge in [0.25, 0.3) is 0 Å². The zero-order chi connectivity index (χ0) is 22.4. The van der Waals surface area contributed by atoms with Gasteiger partial charge in [-0.15, -0.1) is 0 Å². The second kappa shape index (κ2) is 7.38. The molecule has 1 unspecified atom stereocenters. The minimum Gasteiger partial charge on any atom is -0.484 e. The zero-order valence-electron chi connectivity index (χ0n) is 17.7. The van der Waals surface area contributed by atoms with Crippen LogP contribution >= 0.6 is 0 Å². The summed E-state index contributed by atoms with van der Waals surface area (Å²) in [5, 5.41) is 13.6. The lowest BCUT2D eigenvalue weighted by molar-refractivity contribution is 0.0235. The molecule has 4 heteroatoms. The Hall–Kier alpha value is -4.31. The number of carboxylic acid groups (broad SMARTS) is 1. The van der Waals surface area contributed by atoms with E-state index >= 15 is 0 Å². The second-order valence-electron chi connectivity index (χ2n) is 8.22. The number of benzene rings is 5. The number of ether oxygens (including phenoxy) is 2. The second-order valence-corrected chi connectivity index (χ2v) is 8.22. The Bertz CT molecular complexity index is 1510. The van der Waals surface area contributed by atoms with Crippen molar-refractivity contribution in [3.8, 4) is 11.5 Å². The maximum absolute atomic E-state index is 11.4. The maximum atomic E-state index is 11.4. The van der Waals surface area contributed by atoms with E-state index < -0.39 is 11.6 Å². The van der Waals surface area contributed by atoms with Gasteiger partial charge in [0, 0.05) is 21.9 Å². The van der Waals surface area contributed by atoms with Crippen molar-refractivity contribution in [2.75, 3.05) is 6.61 Å². The monoisotopic (exact) mass is 432 g/mol. The first-order chi connectivity index (χ1) is 16.2. The third-order valence-electron chi connectivity index (χ3n) is 6.37. The molecule has 5 aromatic carbocycles. The van der Waals surface area contributed by atoms with Gasteiger partial charge in [0.1, 0.15) is 6.61 Å². The molecule has 0 radical (unpaired) electrons. The van der Waals surface area contributed by atoms with Gasteiger partial charge in [-0.25, -0.2) is 4.79 Å². The number of hydrogen-bond donors (Lipinski definition) is 1. The number of aromatic carboxylic acids is 1. The molecule has 1 heterocycles. The molecule has 0 spiro atoms. The molecule has 0 bridgehead atoms. The third-order valence-corrected chi connectivity index (χ3v) is 6.37. The van der Waals surface area contributed by atoms with Crippen LogP contribution in [-0.2, 0) is 5.60 Å². The van der Waals surface area contributed by atoms with Gasteiger partial charge >= 0.3 is 5.97 Å². The van der Waals surface area contributed by atoms with Crippen molar-refractivity contribution in [2.45, 2.75) is 5.60 Å². The van der Waals surface area contributed by atoms with Gasteiger partial charge in [0.2, 0.25) is 0 Å². The molecular formula is C29H20O4. The normalized spacial score (nSPS) is 17.2. The van der Waals surface area contributed by atoms with Gasteiger partial charge in [0.15, 0.2) is 17.1 Å². The molecule has 1 N–H and O–H groups in total. The van der Waals surface area contributed by atoms with Gasteiger partial charge in [0.05, 0.1) is 5.56 Å². The highest BCUT2D eigenvalue weighted by Crippen LogP contribution is 2.50. The molecular weight excluding hydrogens is 412 g/mol. The number of carboxylic acids is 1. The Labute approximate surface area is 190 Å². The lowest BCUT2D eigenvalue weighted by Gasteiger charge is -2.40. The van der Waals surface area contributed by atoms with Crippen LogP contribution in [0.2, 0.25) is 0 Å². The first-order valence-electron chi connectivity index (χ1n) is 10.8. The molecule has 160 valence electrons. The minimum atomic E-state index is -0.959. The van der Waals surface area contributed by atoms with Crippen LogP contribution in [0.1, 0.15) is 21.5 Å². The molecule has 33 heavy (non-hydrogen) atoms. The summed E-state index contributed by atoms with van der Waals surface area (Å²) in [5.41, 5.74) is 1.09. The Balaban J connectivity index is 1.62. The molecule has 1 atom stereocenters. The van der Waals surface area contributed by atoms with Crippen LogP contribution in [0, 0.1) is 0 Å². The van der Waals surface area contributed by atoms with Crippen LogP contribution in [0.3, 0.4) is 0 Å². The van der Waals surface area contributed by atoms with Crippen LogP contribution in [0.5, 0.6) is 11.5 Å². The molecule has 0 aromatic heterocycles. The highest BCUT2D eigenvalue weighted by atomic mass is 16.6. The Morgan fingerprint density at radius 3 is 1.76 bits per heavy atom. The molecule has 0 fully saturated rings. The SMILES string of the molecule is O=C(O)c1ccc(C2(c3ccccc3)COc3c(c4ccccc4c4ccccc34)O2)cc1. The van der Waals surface area contributed by atoms with E-state index in [-0.39, 0.29) is 12.2 Å². The number of hydrogen-bond acceptors (Lipinski definition) is 3. The van der Waals surface area contributed by atoms with Gasteiger partial charge in [-0.05, 0) is 22.9 Å². The van der Waals surface area contributed by atoms with Crippen molar-refractivity contribution in [3.63, 3.8) is 0 Å². The predicted octanol–water partition coefficient (Wildman–Crippen LogP) is 6.41. The fraction of sp³-hybridized carbons (Fsp3) is 0.0690. The number of carbonyl (C=O) groups is 1. The van der Waals surface area contributed by atoms with E-state index in [4.69, 9.17) is 9.47 Å². The van der Waals surface area contributed by atoms with E-state index in [9.17, 15) is 9.90 Å². The van der Waals surface area contributed by atoms with E-state index in [0.29, 0.717) is 5.75 Å². The summed E-state index contributed by atoms with van der Waals surface area (Å²) < 4.78 is 13.4. The van der Waals surface area contributed by atoms with Crippen LogP contribution in [0.25, 0.3) is 21.5 Å². The van der Waals surface area contributed by atoms with Gasteiger partial charge in [-0.2, -0.15) is 0 Å². The van der Waals surface area contributed by atoms with E-state index in [1.165, 1.54) is 0 Å². The highest BCUT2D eigenvalue weighted by molar-refractivity contribution is 6.13. The molecule has 0 saturated carbocycles. The molecule has 0 amide bonds. The van der Waals surface area contributed by atoms with Gasteiger partial charge in [-0.3, -0.25) is 0 Å². The average Bonchev–Trinajstić information content (AvgIpc) is 2.89. The van der Waals surface area contributed by atoms with Crippen molar-refractivity contribution in [1.29, 1.82) is 0 Å². The van der Waals surface area contributed by atoms with E-state index in [2.05, 4.69) is 24.3 Å². The zero-order valence-corrected chi connectivity index (χ0v) is 17.7. The Morgan fingerprint density at radius 2 is 1.15 bits per heavy atom. The summed E-state index contributed by atoms with van der Waals surface area (Å²) in [7, 11) is 0. The van der Waals surface area contributed by atoms with Crippen LogP contribution in [0.15, 0.2) is 103 Å². The summed E-state index contributed by atoms with van der Waals surface area (Å²) in [4.78, 5) is 11.4. The van der Waals surface area contributed by atoms with Gasteiger partial charge in [-0.1, -0.05) is 91.0 Å². The average molecular weight is 432 g/mol. The lowest BCUT2D eigenvalue weighted by atomic mass is 9.85. The Morgan fingerprint density at radius 1 is 0.636 bits per heavy atom. The fourth-order valence-electron chi connectivity index (χ4n) is 4.74. The van der Waals surface area contributed by atoms with E-state index in [1.807, 2.05) is 66.7 Å². The molecule has 4 nitrogen and oxygen atoms in total. The standard InChI is InChI=1S/C29H20O4/c30-28(31)19-14-16-21(17-15-19)29(20-8-2-1-3-9-20)18-32-26-24-12-6-4-10-22(24)23-11-5-7-13-25(23)27(26)33-29/h1-17H,18H2,(H,30,31). The Kier molecular flexibility index (Phi) is 4.34. The summed E-state index contributed by atoms with van der Waals surface area (Å²) in [5.74, 6) is 0.471. The smallest absolute Gasteiger partial charge is 0.335 e. The first-order valence-corrected chi connectivity index (χ1v) is 10.8. The van der Waals surface area contributed by atoms with Crippen molar-refractivity contribution >= 4 is 27.5 Å². The molecule has 0 aliphatic carbocycles. The van der Waals surface area contributed by atoms with Gasteiger partial charge < -0.3 is 14.6 Å². The predicted molar refractivity (Wildman–Crippen MR) is 128 cm³/mol. The highest BCUT2D eigenvalue weighted by Gasteiger charge is 2.43. The fourth-order valence-corrected chi connectivity index (χ4v) is 4.74. The molecule has 5 aromatic rings. The third kappa shape index (κ3) is 2.95. The number of rotatable bonds is 3. The summed E-state index contributed by atoms with van der Waals surface area (Å²) in [6, 6.07) is 33.2. The van der Waals surface area contributed by atoms with Crippen molar-refractivity contribution < 1.29 is 19.4 Å². The lowest BCUT2D eigenvalue weighted by Crippen LogP contribution is -2.43. The maximum Gasteiger partial charge on any atom is 0.335 e. The van der Waals surface area contributed by atoms with Crippen molar-refractivity contribution in [1.82, 2.24) is 0 Å². The minimum absolute atomic E-state index is 0.232. The van der Waals surface area contributed by atoms with Crippen LogP contribution < -0.4 is 9.47 Å². The summed E-state index contributed by atoms with van der Waals surface area (Å²) in [6.45, 7) is 0.263. The largest absolute Gasteiger partial charge is 0.484 e. The number of fused-ring (bicyclic) bond motifs is 6. The summed E-state index contributed by atoms with van der Waals surface area (Å²) in [6.07, 6.45) is 0. The summed E-state index contributed by atoms with van der Waals surface area (Å²) >= 11 is 0. The molecule has 1 aliphatic heterocycles. The van der Waals surface area contributed by atoms with E-state index in [0.717, 1.165) is 38.4 Å². The van der Waals surface area contributed by atoms with Crippen molar-refractivity contribution in [3.05, 3.63) is 120 Å². The first kappa shape index (κ1) is 19.4. The molecule has 6 rings (SSSR count). The topological polar surface area (TPSA) is 55.8 Å².